The number of rotatable bonds is 8. The number of carbonyl (C=O) groups is 1. The molecule has 112 valence electrons. The van der Waals surface area contributed by atoms with Crippen molar-refractivity contribution >= 4 is 17.7 Å². The summed E-state index contributed by atoms with van der Waals surface area (Å²) in [5.74, 6) is 0.437. The summed E-state index contributed by atoms with van der Waals surface area (Å²) in [6.45, 7) is 8.61. The number of amides is 1. The van der Waals surface area contributed by atoms with E-state index in [1.165, 1.54) is 0 Å². The van der Waals surface area contributed by atoms with E-state index in [1.807, 2.05) is 26.8 Å². The van der Waals surface area contributed by atoms with E-state index in [0.29, 0.717) is 6.42 Å². The number of primary amides is 1. The molecule has 0 radical (unpaired) electrons. The van der Waals surface area contributed by atoms with Gasteiger partial charge in [-0.25, -0.2) is 9.97 Å². The lowest BCUT2D eigenvalue weighted by atomic mass is 9.98. The second-order valence-corrected chi connectivity index (χ2v) is 6.22. The Hall–Kier alpha value is -1.14. The third kappa shape index (κ3) is 5.09. The molecule has 5 nitrogen and oxygen atoms in total. The van der Waals surface area contributed by atoms with Gasteiger partial charge in [0.2, 0.25) is 5.91 Å². The number of nitrogens with one attached hydrogen (secondary N) is 1. The van der Waals surface area contributed by atoms with E-state index >= 15 is 0 Å². The van der Waals surface area contributed by atoms with Crippen molar-refractivity contribution in [3.05, 3.63) is 17.5 Å². The number of carbonyl (C=O) groups excluding carboxylic acids is 1. The zero-order valence-electron chi connectivity index (χ0n) is 12.7. The Morgan fingerprint density at radius 2 is 2.00 bits per heavy atom. The van der Waals surface area contributed by atoms with E-state index in [-0.39, 0.29) is 5.91 Å². The van der Waals surface area contributed by atoms with Gasteiger partial charge in [-0.3, -0.25) is 4.79 Å². The van der Waals surface area contributed by atoms with Gasteiger partial charge in [0, 0.05) is 17.1 Å². The van der Waals surface area contributed by atoms with Gasteiger partial charge < -0.3 is 11.1 Å². The molecule has 0 bridgehead atoms. The van der Waals surface area contributed by atoms with Crippen LogP contribution >= 0.6 is 11.8 Å². The largest absolute Gasteiger partial charge is 0.368 e. The van der Waals surface area contributed by atoms with Crippen LogP contribution in [0.4, 0.5) is 0 Å². The van der Waals surface area contributed by atoms with E-state index in [1.54, 1.807) is 11.8 Å². The molecular weight excluding hydrogens is 272 g/mol. The average molecular weight is 296 g/mol. The van der Waals surface area contributed by atoms with Crippen molar-refractivity contribution in [2.75, 3.05) is 12.3 Å². The zero-order chi connectivity index (χ0) is 15.2. The Labute approximate surface area is 125 Å². The van der Waals surface area contributed by atoms with Gasteiger partial charge in [0.25, 0.3) is 0 Å². The Balaban J connectivity index is 2.58. The maximum absolute atomic E-state index is 11.6. The van der Waals surface area contributed by atoms with Gasteiger partial charge in [0.15, 0.2) is 5.16 Å². The molecule has 1 aromatic heterocycles. The smallest absolute Gasteiger partial charge is 0.237 e. The molecule has 0 saturated heterocycles. The normalized spacial score (nSPS) is 14.0. The van der Waals surface area contributed by atoms with Crippen molar-refractivity contribution in [1.29, 1.82) is 0 Å². The highest BCUT2D eigenvalue weighted by atomic mass is 32.2. The van der Waals surface area contributed by atoms with E-state index in [9.17, 15) is 4.79 Å². The summed E-state index contributed by atoms with van der Waals surface area (Å²) in [6.07, 6.45) is 1.62. The highest BCUT2D eigenvalue weighted by Gasteiger charge is 2.29. The minimum Gasteiger partial charge on any atom is -0.368 e. The highest BCUT2D eigenvalue weighted by molar-refractivity contribution is 7.99. The van der Waals surface area contributed by atoms with Crippen molar-refractivity contribution in [3.63, 3.8) is 0 Å². The topological polar surface area (TPSA) is 80.9 Å². The van der Waals surface area contributed by atoms with Crippen LogP contribution in [0.2, 0.25) is 0 Å². The first-order valence-electron chi connectivity index (χ1n) is 6.87. The molecule has 1 amide bonds. The maximum Gasteiger partial charge on any atom is 0.237 e. The van der Waals surface area contributed by atoms with Crippen LogP contribution in [-0.2, 0) is 4.79 Å². The molecule has 1 atom stereocenters. The first kappa shape index (κ1) is 16.9. The summed E-state index contributed by atoms with van der Waals surface area (Å²) in [4.78, 5) is 20.3. The van der Waals surface area contributed by atoms with Gasteiger partial charge in [-0.15, -0.1) is 0 Å². The lowest BCUT2D eigenvalue weighted by molar-refractivity contribution is -0.123. The molecule has 0 aliphatic carbocycles. The molecule has 1 aromatic rings. The van der Waals surface area contributed by atoms with Crippen LogP contribution in [-0.4, -0.2) is 33.7 Å². The van der Waals surface area contributed by atoms with Crippen molar-refractivity contribution in [2.24, 2.45) is 5.73 Å². The van der Waals surface area contributed by atoms with Gasteiger partial charge in [-0.2, -0.15) is 0 Å². The molecule has 1 heterocycles. The van der Waals surface area contributed by atoms with Crippen molar-refractivity contribution in [3.8, 4) is 0 Å². The number of nitrogens with two attached hydrogens (primary N) is 1. The van der Waals surface area contributed by atoms with Gasteiger partial charge in [-0.1, -0.05) is 18.7 Å². The van der Waals surface area contributed by atoms with Crippen LogP contribution in [0.5, 0.6) is 0 Å². The number of thioether (sulfide) groups is 1. The average Bonchev–Trinajstić information content (AvgIpc) is 2.35. The number of hydrogen-bond acceptors (Lipinski definition) is 5. The van der Waals surface area contributed by atoms with Crippen molar-refractivity contribution < 1.29 is 4.79 Å². The number of aromatic nitrogens is 2. The summed E-state index contributed by atoms with van der Waals surface area (Å²) >= 11 is 1.56. The van der Waals surface area contributed by atoms with Crippen LogP contribution in [0.1, 0.15) is 38.1 Å². The van der Waals surface area contributed by atoms with Crippen LogP contribution < -0.4 is 11.1 Å². The molecule has 1 unspecified atom stereocenters. The van der Waals surface area contributed by atoms with E-state index in [2.05, 4.69) is 22.2 Å². The lowest BCUT2D eigenvalue weighted by Gasteiger charge is -2.27. The lowest BCUT2D eigenvalue weighted by Crippen LogP contribution is -2.53. The number of nitrogens with zero attached hydrogens (tertiary/aromatic N) is 2. The molecule has 0 aliphatic rings. The van der Waals surface area contributed by atoms with Gasteiger partial charge in [0.1, 0.15) is 0 Å². The van der Waals surface area contributed by atoms with Crippen LogP contribution in [0.25, 0.3) is 0 Å². The minimum atomic E-state index is -0.665. The second kappa shape index (κ2) is 7.59. The molecule has 6 heteroatoms. The Kier molecular flexibility index (Phi) is 6.42. The summed E-state index contributed by atoms with van der Waals surface area (Å²) in [6, 6.07) is 1.94. The van der Waals surface area contributed by atoms with E-state index < -0.39 is 5.54 Å². The molecule has 0 aromatic carbocycles. The first-order valence-corrected chi connectivity index (χ1v) is 7.86. The molecule has 1 rings (SSSR count). The summed E-state index contributed by atoms with van der Waals surface area (Å²) in [7, 11) is 0. The summed E-state index contributed by atoms with van der Waals surface area (Å²) in [5, 5.41) is 3.98. The molecule has 0 aliphatic heterocycles. The van der Waals surface area contributed by atoms with Gasteiger partial charge >= 0.3 is 0 Å². The minimum absolute atomic E-state index is 0.312. The molecule has 0 spiro atoms. The first-order chi connectivity index (χ1) is 9.37. The SMILES string of the molecule is CCCNC(C)(CCSc1nc(C)cc(C)n1)C(N)=O. The maximum atomic E-state index is 11.6. The fourth-order valence-corrected chi connectivity index (χ4v) is 2.91. The van der Waals surface area contributed by atoms with E-state index in [0.717, 1.165) is 35.3 Å². The van der Waals surface area contributed by atoms with Gasteiger partial charge in [-0.05, 0) is 46.2 Å². The Bertz CT molecular complexity index is 446. The fraction of sp³-hybridized carbons (Fsp3) is 0.643. The van der Waals surface area contributed by atoms with Crippen LogP contribution in [0, 0.1) is 13.8 Å². The monoisotopic (exact) mass is 296 g/mol. The zero-order valence-corrected chi connectivity index (χ0v) is 13.5. The molecule has 0 fully saturated rings. The number of hydrogen-bond donors (Lipinski definition) is 2. The fourth-order valence-electron chi connectivity index (χ4n) is 1.80. The van der Waals surface area contributed by atoms with Crippen molar-refractivity contribution in [2.45, 2.75) is 51.2 Å². The second-order valence-electron chi connectivity index (χ2n) is 5.15. The summed E-state index contributed by atoms with van der Waals surface area (Å²) < 4.78 is 0. The van der Waals surface area contributed by atoms with Crippen LogP contribution in [0.15, 0.2) is 11.2 Å². The third-order valence-electron chi connectivity index (χ3n) is 3.10. The van der Waals surface area contributed by atoms with Crippen LogP contribution in [0.3, 0.4) is 0 Å². The highest BCUT2D eigenvalue weighted by Crippen LogP contribution is 2.19. The predicted molar refractivity (Wildman–Crippen MR) is 82.7 cm³/mol. The molecular formula is C14H24N4OS. The summed E-state index contributed by atoms with van der Waals surface area (Å²) in [5.41, 5.74) is 6.75. The number of aryl methyl sites for hydroxylation is 2. The molecule has 3 N–H and O–H groups in total. The standard InChI is InChI=1S/C14H24N4OS/c1-5-7-16-14(4,12(15)19)6-8-20-13-17-10(2)9-11(3)18-13/h9,16H,5-8H2,1-4H3,(H2,15,19). The predicted octanol–water partition coefficient (Wildman–Crippen LogP) is 1.82. The van der Waals surface area contributed by atoms with Crippen molar-refractivity contribution in [1.82, 2.24) is 15.3 Å². The quantitative estimate of drug-likeness (QED) is 0.565. The van der Waals surface area contributed by atoms with E-state index in [4.69, 9.17) is 5.73 Å². The Morgan fingerprint density at radius 1 is 1.40 bits per heavy atom. The molecule has 0 saturated carbocycles. The third-order valence-corrected chi connectivity index (χ3v) is 3.95. The van der Waals surface area contributed by atoms with Gasteiger partial charge in [0.05, 0.1) is 5.54 Å². The Morgan fingerprint density at radius 3 is 2.50 bits per heavy atom. The molecule has 20 heavy (non-hydrogen) atoms.